The summed E-state index contributed by atoms with van der Waals surface area (Å²) < 4.78 is 31.1. The molecule has 0 unspecified atom stereocenters. The smallest absolute Gasteiger partial charge is 0.339 e. The molecule has 1 fully saturated rings. The van der Waals surface area contributed by atoms with Gasteiger partial charge in [-0.2, -0.15) is 8.42 Å². The number of carbonyl (C=O) groups excluding carboxylic acids is 2. The van der Waals surface area contributed by atoms with E-state index in [1.807, 2.05) is 6.92 Å². The molecule has 0 spiro atoms. The van der Waals surface area contributed by atoms with Crippen LogP contribution in [0.4, 0.5) is 10.5 Å². The summed E-state index contributed by atoms with van der Waals surface area (Å²) in [7, 11) is -4.15. The normalized spacial score (nSPS) is 13.3. The van der Waals surface area contributed by atoms with Crippen LogP contribution in [0.15, 0.2) is 47.4 Å². The molecule has 0 bridgehead atoms. The number of benzene rings is 2. The molecule has 1 aliphatic rings. The maximum absolute atomic E-state index is 12.8. The van der Waals surface area contributed by atoms with Gasteiger partial charge in [0.2, 0.25) is 5.91 Å². The van der Waals surface area contributed by atoms with Crippen LogP contribution in [0.3, 0.4) is 0 Å². The van der Waals surface area contributed by atoms with E-state index >= 15 is 0 Å². The molecule has 2 N–H and O–H groups in total. The van der Waals surface area contributed by atoms with Crippen LogP contribution in [0.5, 0.6) is 5.75 Å². The second-order valence-electron chi connectivity index (χ2n) is 7.65. The lowest BCUT2D eigenvalue weighted by Crippen LogP contribution is -2.40. The molecule has 0 atom stereocenters. The monoisotopic (exact) mass is 479 g/mol. The van der Waals surface area contributed by atoms with E-state index in [9.17, 15) is 18.0 Å². The summed E-state index contributed by atoms with van der Waals surface area (Å²) in [6.45, 7) is 4.43. The molecule has 0 aliphatic heterocycles. The van der Waals surface area contributed by atoms with Gasteiger partial charge in [-0.15, -0.1) is 0 Å². The van der Waals surface area contributed by atoms with Crippen LogP contribution < -0.4 is 14.8 Å². The van der Waals surface area contributed by atoms with Gasteiger partial charge in [0.25, 0.3) is 0 Å². The molecule has 0 saturated heterocycles. The molecular formula is C22H26ClN3O5S. The summed E-state index contributed by atoms with van der Waals surface area (Å²) in [6, 6.07) is 10.1. The first-order chi connectivity index (χ1) is 15.2. The molecule has 2 aromatic rings. The van der Waals surface area contributed by atoms with Crippen molar-refractivity contribution in [1.29, 1.82) is 0 Å². The zero-order valence-electron chi connectivity index (χ0n) is 17.9. The summed E-state index contributed by atoms with van der Waals surface area (Å²) in [5.41, 5.74) is 0.962. The van der Waals surface area contributed by atoms with E-state index in [2.05, 4.69) is 10.6 Å². The highest BCUT2D eigenvalue weighted by molar-refractivity contribution is 7.87. The molecule has 3 rings (SSSR count). The fraction of sp³-hybridized carbons (Fsp3) is 0.364. The van der Waals surface area contributed by atoms with E-state index in [4.69, 9.17) is 15.8 Å². The van der Waals surface area contributed by atoms with Gasteiger partial charge in [-0.1, -0.05) is 11.6 Å². The quantitative estimate of drug-likeness (QED) is 0.529. The molecule has 10 heteroatoms. The minimum Gasteiger partial charge on any atom is -0.379 e. The predicted octanol–water partition coefficient (Wildman–Crippen LogP) is 4.01. The largest absolute Gasteiger partial charge is 0.379 e. The SMILES string of the molecule is CCNC(=O)N(Cc1cc(Cl)ccc1OS(=O)(=O)c1ccc(NC(C)=O)cc1)CC1CC1. The van der Waals surface area contributed by atoms with Crippen LogP contribution in [-0.2, 0) is 21.5 Å². The summed E-state index contributed by atoms with van der Waals surface area (Å²) >= 11 is 6.15. The number of anilines is 1. The van der Waals surface area contributed by atoms with Gasteiger partial charge >= 0.3 is 16.1 Å². The Kier molecular flexibility index (Phi) is 7.63. The maximum atomic E-state index is 12.8. The summed E-state index contributed by atoms with van der Waals surface area (Å²) in [6.07, 6.45) is 2.13. The minimum absolute atomic E-state index is 0.0638. The summed E-state index contributed by atoms with van der Waals surface area (Å²) in [5.74, 6) is 0.294. The second-order valence-corrected chi connectivity index (χ2v) is 9.64. The van der Waals surface area contributed by atoms with Gasteiger partial charge < -0.3 is 19.7 Å². The average molecular weight is 480 g/mol. The van der Waals surface area contributed by atoms with Gasteiger partial charge in [-0.25, -0.2) is 4.79 Å². The number of rotatable bonds is 9. The molecule has 0 radical (unpaired) electrons. The van der Waals surface area contributed by atoms with Crippen LogP contribution in [0.1, 0.15) is 32.3 Å². The van der Waals surface area contributed by atoms with E-state index < -0.39 is 10.1 Å². The Bertz CT molecular complexity index is 1090. The summed E-state index contributed by atoms with van der Waals surface area (Å²) in [4.78, 5) is 25.3. The van der Waals surface area contributed by atoms with E-state index in [0.29, 0.717) is 35.3 Å². The third-order valence-electron chi connectivity index (χ3n) is 4.84. The number of carbonyl (C=O) groups is 2. The van der Waals surface area contributed by atoms with Gasteiger partial charge in [0.05, 0.1) is 6.54 Å². The molecule has 1 aliphatic carbocycles. The van der Waals surface area contributed by atoms with Crippen molar-refractivity contribution in [3.63, 3.8) is 0 Å². The molecule has 3 amide bonds. The Labute approximate surface area is 193 Å². The van der Waals surface area contributed by atoms with E-state index in [0.717, 1.165) is 12.8 Å². The number of urea groups is 1. The first-order valence-electron chi connectivity index (χ1n) is 10.3. The molecule has 0 heterocycles. The number of nitrogens with zero attached hydrogens (tertiary/aromatic N) is 1. The van der Waals surface area contributed by atoms with E-state index in [-0.39, 0.29) is 29.1 Å². The minimum atomic E-state index is -4.15. The van der Waals surface area contributed by atoms with Gasteiger partial charge in [0, 0.05) is 36.3 Å². The van der Waals surface area contributed by atoms with Crippen LogP contribution >= 0.6 is 11.6 Å². The van der Waals surface area contributed by atoms with Crippen molar-refractivity contribution in [2.24, 2.45) is 5.92 Å². The van der Waals surface area contributed by atoms with Crippen molar-refractivity contribution in [2.75, 3.05) is 18.4 Å². The highest BCUT2D eigenvalue weighted by Gasteiger charge is 2.28. The Morgan fingerprint density at radius 1 is 1.16 bits per heavy atom. The zero-order chi connectivity index (χ0) is 23.3. The first-order valence-corrected chi connectivity index (χ1v) is 12.1. The first kappa shape index (κ1) is 23.9. The lowest BCUT2D eigenvalue weighted by Gasteiger charge is -2.24. The summed E-state index contributed by atoms with van der Waals surface area (Å²) in [5, 5.41) is 5.78. The van der Waals surface area contributed by atoms with Crippen molar-refractivity contribution < 1.29 is 22.2 Å². The maximum Gasteiger partial charge on any atom is 0.339 e. The fourth-order valence-corrected chi connectivity index (χ4v) is 4.29. The van der Waals surface area contributed by atoms with E-state index in [1.54, 1.807) is 11.0 Å². The van der Waals surface area contributed by atoms with Crippen LogP contribution in [0.25, 0.3) is 0 Å². The van der Waals surface area contributed by atoms with E-state index in [1.165, 1.54) is 43.3 Å². The van der Waals surface area contributed by atoms with Crippen LogP contribution in [0.2, 0.25) is 5.02 Å². The third kappa shape index (κ3) is 6.61. The second kappa shape index (κ2) is 10.2. The number of hydrogen-bond donors (Lipinski definition) is 2. The molecule has 32 heavy (non-hydrogen) atoms. The van der Waals surface area contributed by atoms with Gasteiger partial charge in [-0.05, 0) is 68.1 Å². The molecular weight excluding hydrogens is 454 g/mol. The van der Waals surface area contributed by atoms with Crippen LogP contribution in [-0.4, -0.2) is 38.3 Å². The Morgan fingerprint density at radius 2 is 1.84 bits per heavy atom. The van der Waals surface area contributed by atoms with Gasteiger partial charge in [0.1, 0.15) is 10.6 Å². The molecule has 8 nitrogen and oxygen atoms in total. The van der Waals surface area contributed by atoms with Crippen molar-refractivity contribution in [3.8, 4) is 5.75 Å². The highest BCUT2D eigenvalue weighted by atomic mass is 35.5. The highest BCUT2D eigenvalue weighted by Crippen LogP contribution is 2.32. The Hall–Kier alpha value is -2.78. The lowest BCUT2D eigenvalue weighted by molar-refractivity contribution is -0.114. The fourth-order valence-electron chi connectivity index (χ4n) is 3.13. The number of nitrogens with one attached hydrogen (secondary N) is 2. The van der Waals surface area contributed by atoms with Gasteiger partial charge in [0.15, 0.2) is 0 Å². The Morgan fingerprint density at radius 3 is 2.44 bits per heavy atom. The zero-order valence-corrected chi connectivity index (χ0v) is 19.5. The molecule has 172 valence electrons. The topological polar surface area (TPSA) is 105 Å². The standard InChI is InChI=1S/C22H26ClN3O5S/c1-3-24-22(28)26(13-16-4-5-16)14-17-12-18(23)6-11-21(17)31-32(29,30)20-9-7-19(8-10-20)25-15(2)27/h6-12,16H,3-5,13-14H2,1-2H3,(H,24,28)(H,25,27). The molecule has 2 aromatic carbocycles. The number of halogens is 1. The Balaban J connectivity index is 1.83. The van der Waals surface area contributed by atoms with Crippen molar-refractivity contribution >= 4 is 39.3 Å². The van der Waals surface area contributed by atoms with Crippen molar-refractivity contribution in [2.45, 2.75) is 38.1 Å². The molecule has 1 saturated carbocycles. The van der Waals surface area contributed by atoms with Crippen molar-refractivity contribution in [1.82, 2.24) is 10.2 Å². The number of amides is 3. The lowest BCUT2D eigenvalue weighted by atomic mass is 10.2. The van der Waals surface area contributed by atoms with Gasteiger partial charge in [-0.3, -0.25) is 4.79 Å². The average Bonchev–Trinajstić information content (AvgIpc) is 3.54. The van der Waals surface area contributed by atoms with Crippen molar-refractivity contribution in [3.05, 3.63) is 53.1 Å². The number of hydrogen-bond acceptors (Lipinski definition) is 5. The predicted molar refractivity (Wildman–Crippen MR) is 122 cm³/mol. The molecule has 0 aromatic heterocycles. The third-order valence-corrected chi connectivity index (χ3v) is 6.32. The van der Waals surface area contributed by atoms with Crippen LogP contribution in [0, 0.1) is 5.92 Å².